The fourth-order valence-corrected chi connectivity index (χ4v) is 6.38. The molecule has 1 fully saturated rings. The number of halogens is 1. The molecule has 1 aliphatic heterocycles. The van der Waals surface area contributed by atoms with E-state index in [1.54, 1.807) is 55.5 Å². The summed E-state index contributed by atoms with van der Waals surface area (Å²) in [6.45, 7) is 1.64. The highest BCUT2D eigenvalue weighted by Crippen LogP contribution is 2.55. The first kappa shape index (κ1) is 22.7. The SMILES string of the molecule is CC1=CC(=O)C2=C(C1=O)C(c1ccc(O)cc1)C1=CCC3C(=O)N(c4ccc(Cl)cc4)C(=O)C3C1C2. The van der Waals surface area contributed by atoms with Crippen molar-refractivity contribution in [2.75, 3.05) is 4.90 Å². The van der Waals surface area contributed by atoms with E-state index in [9.17, 15) is 24.3 Å². The molecular formula is C29H22ClNO5. The van der Waals surface area contributed by atoms with Gasteiger partial charge in [0.15, 0.2) is 11.6 Å². The summed E-state index contributed by atoms with van der Waals surface area (Å²) in [5, 5.41) is 10.4. The number of aromatic hydroxyl groups is 1. The van der Waals surface area contributed by atoms with Gasteiger partial charge in [0.2, 0.25) is 11.8 Å². The summed E-state index contributed by atoms with van der Waals surface area (Å²) in [7, 11) is 0. The highest BCUT2D eigenvalue weighted by molar-refractivity contribution is 6.31. The molecular weight excluding hydrogens is 478 g/mol. The van der Waals surface area contributed by atoms with Gasteiger partial charge in [-0.1, -0.05) is 35.4 Å². The van der Waals surface area contributed by atoms with Crippen LogP contribution in [0.3, 0.4) is 0 Å². The average molecular weight is 500 g/mol. The first-order chi connectivity index (χ1) is 17.3. The van der Waals surface area contributed by atoms with E-state index in [1.165, 1.54) is 11.0 Å². The number of fused-ring (bicyclic) bond motifs is 3. The number of carbonyl (C=O) groups is 4. The number of nitrogens with zero attached hydrogens (tertiary/aromatic N) is 1. The van der Waals surface area contributed by atoms with Crippen LogP contribution < -0.4 is 4.90 Å². The first-order valence-corrected chi connectivity index (χ1v) is 12.3. The van der Waals surface area contributed by atoms with Crippen molar-refractivity contribution in [3.05, 3.63) is 93.6 Å². The summed E-state index contributed by atoms with van der Waals surface area (Å²) in [6.07, 6.45) is 3.96. The number of ketones is 2. The molecule has 4 unspecified atom stereocenters. The summed E-state index contributed by atoms with van der Waals surface area (Å²) >= 11 is 6.01. The van der Waals surface area contributed by atoms with Gasteiger partial charge in [0.25, 0.3) is 0 Å². The van der Waals surface area contributed by atoms with E-state index in [2.05, 4.69) is 0 Å². The Hall–Kier alpha value is -3.77. The Morgan fingerprint density at radius 1 is 0.917 bits per heavy atom. The summed E-state index contributed by atoms with van der Waals surface area (Å²) in [5.41, 5.74) is 3.36. The average Bonchev–Trinajstić information content (AvgIpc) is 3.12. The van der Waals surface area contributed by atoms with Gasteiger partial charge in [-0.25, -0.2) is 0 Å². The molecule has 1 N–H and O–H groups in total. The minimum absolute atomic E-state index is 0.0929. The van der Waals surface area contributed by atoms with Crippen LogP contribution >= 0.6 is 11.6 Å². The van der Waals surface area contributed by atoms with Crippen LogP contribution in [-0.2, 0) is 19.2 Å². The number of carbonyl (C=O) groups excluding carboxylic acids is 4. The number of phenolic OH excluding ortho intramolecular Hbond substituents is 1. The van der Waals surface area contributed by atoms with Gasteiger partial charge in [-0.2, -0.15) is 0 Å². The molecule has 2 aromatic carbocycles. The number of imide groups is 1. The minimum atomic E-state index is -0.628. The number of benzene rings is 2. The van der Waals surface area contributed by atoms with E-state index in [1.807, 2.05) is 6.08 Å². The number of anilines is 1. The van der Waals surface area contributed by atoms with E-state index in [4.69, 9.17) is 11.6 Å². The van der Waals surface area contributed by atoms with Crippen LogP contribution in [0.25, 0.3) is 0 Å². The number of allylic oxidation sites excluding steroid dienone is 6. The van der Waals surface area contributed by atoms with Gasteiger partial charge in [0.1, 0.15) is 5.75 Å². The number of rotatable bonds is 2. The second-order valence-electron chi connectivity index (χ2n) is 9.81. The van der Waals surface area contributed by atoms with Crippen LogP contribution in [0.15, 0.2) is 83.0 Å². The van der Waals surface area contributed by atoms with E-state index in [0.717, 1.165) is 11.1 Å². The van der Waals surface area contributed by atoms with Crippen molar-refractivity contribution in [3.8, 4) is 5.75 Å². The third kappa shape index (κ3) is 3.24. The molecule has 2 amide bonds. The van der Waals surface area contributed by atoms with E-state index >= 15 is 0 Å². The maximum Gasteiger partial charge on any atom is 0.238 e. The number of phenols is 1. The van der Waals surface area contributed by atoms with Gasteiger partial charge >= 0.3 is 0 Å². The molecule has 180 valence electrons. The second kappa shape index (κ2) is 8.14. The molecule has 36 heavy (non-hydrogen) atoms. The van der Waals surface area contributed by atoms with Crippen molar-refractivity contribution >= 4 is 40.7 Å². The molecule has 1 saturated heterocycles. The van der Waals surface area contributed by atoms with Crippen molar-refractivity contribution in [1.29, 1.82) is 0 Å². The maximum atomic E-state index is 13.8. The van der Waals surface area contributed by atoms with Crippen molar-refractivity contribution in [3.63, 3.8) is 0 Å². The van der Waals surface area contributed by atoms with Crippen LogP contribution in [0.5, 0.6) is 5.75 Å². The summed E-state index contributed by atoms with van der Waals surface area (Å²) in [4.78, 5) is 54.9. The number of hydrogen-bond donors (Lipinski definition) is 1. The van der Waals surface area contributed by atoms with Gasteiger partial charge in [0, 0.05) is 27.7 Å². The van der Waals surface area contributed by atoms with Crippen molar-refractivity contribution in [2.24, 2.45) is 17.8 Å². The lowest BCUT2D eigenvalue weighted by atomic mass is 9.59. The quantitative estimate of drug-likeness (QED) is 0.368. The van der Waals surface area contributed by atoms with Crippen LogP contribution in [0.4, 0.5) is 5.69 Å². The lowest BCUT2D eigenvalue weighted by molar-refractivity contribution is -0.123. The molecule has 7 heteroatoms. The summed E-state index contributed by atoms with van der Waals surface area (Å²) in [6, 6.07) is 13.2. The molecule has 0 aromatic heterocycles. The normalized spacial score (nSPS) is 27.4. The maximum absolute atomic E-state index is 13.8. The molecule has 0 spiro atoms. The van der Waals surface area contributed by atoms with Crippen molar-refractivity contribution in [1.82, 2.24) is 0 Å². The highest BCUT2D eigenvalue weighted by Gasteiger charge is 2.56. The Morgan fingerprint density at radius 2 is 1.61 bits per heavy atom. The number of Topliss-reactive ketones (excluding diaryl/α,β-unsaturated/α-hetero) is 1. The van der Waals surface area contributed by atoms with Gasteiger partial charge in [0.05, 0.1) is 17.5 Å². The Balaban J connectivity index is 1.48. The number of hydrogen-bond acceptors (Lipinski definition) is 5. The molecule has 4 aliphatic rings. The molecule has 0 saturated carbocycles. The summed E-state index contributed by atoms with van der Waals surface area (Å²) < 4.78 is 0. The van der Waals surface area contributed by atoms with Gasteiger partial charge in [-0.15, -0.1) is 0 Å². The minimum Gasteiger partial charge on any atom is -0.508 e. The topological polar surface area (TPSA) is 91.8 Å². The van der Waals surface area contributed by atoms with Crippen LogP contribution in [0.1, 0.15) is 31.2 Å². The zero-order chi connectivity index (χ0) is 25.3. The lowest BCUT2D eigenvalue weighted by Gasteiger charge is -2.42. The van der Waals surface area contributed by atoms with Crippen LogP contribution in [-0.4, -0.2) is 28.5 Å². The molecule has 3 aliphatic carbocycles. The Morgan fingerprint density at radius 3 is 2.31 bits per heavy atom. The standard InChI is InChI=1S/C29H22ClNO5/c1-14-12-23(33)22-13-21-19(24(26(22)27(14)34)15-2-8-18(32)9-3-15)10-11-20-25(21)29(36)31(28(20)35)17-6-4-16(30)5-7-17/h2-10,12,20-21,24-25,32H,11,13H2,1H3. The molecule has 0 bridgehead atoms. The zero-order valence-corrected chi connectivity index (χ0v) is 20.2. The predicted octanol–water partition coefficient (Wildman–Crippen LogP) is 4.68. The second-order valence-corrected chi connectivity index (χ2v) is 10.2. The van der Waals surface area contributed by atoms with E-state index < -0.39 is 23.7 Å². The molecule has 6 nitrogen and oxygen atoms in total. The van der Waals surface area contributed by atoms with E-state index in [-0.39, 0.29) is 35.6 Å². The smallest absolute Gasteiger partial charge is 0.238 e. The Bertz CT molecular complexity index is 1450. The van der Waals surface area contributed by atoms with Crippen LogP contribution in [0.2, 0.25) is 5.02 Å². The molecule has 6 rings (SSSR count). The van der Waals surface area contributed by atoms with Crippen molar-refractivity contribution in [2.45, 2.75) is 25.7 Å². The number of amides is 2. The fourth-order valence-electron chi connectivity index (χ4n) is 6.25. The molecule has 2 aromatic rings. The van der Waals surface area contributed by atoms with Crippen molar-refractivity contribution < 1.29 is 24.3 Å². The third-order valence-corrected chi connectivity index (χ3v) is 8.13. The van der Waals surface area contributed by atoms with Crippen LogP contribution in [0, 0.1) is 17.8 Å². The molecule has 4 atom stereocenters. The lowest BCUT2D eigenvalue weighted by Crippen LogP contribution is -2.39. The largest absolute Gasteiger partial charge is 0.508 e. The Kier molecular flexibility index (Phi) is 5.12. The summed E-state index contributed by atoms with van der Waals surface area (Å²) in [5.74, 6) is -2.93. The predicted molar refractivity (Wildman–Crippen MR) is 133 cm³/mol. The monoisotopic (exact) mass is 499 g/mol. The van der Waals surface area contributed by atoms with Gasteiger partial charge in [-0.3, -0.25) is 24.1 Å². The first-order valence-electron chi connectivity index (χ1n) is 11.9. The molecule has 0 radical (unpaired) electrons. The Labute approximate surface area is 212 Å². The zero-order valence-electron chi connectivity index (χ0n) is 19.4. The third-order valence-electron chi connectivity index (χ3n) is 7.88. The van der Waals surface area contributed by atoms with Gasteiger partial charge in [-0.05, 0) is 73.7 Å². The molecule has 1 heterocycles. The highest BCUT2D eigenvalue weighted by atomic mass is 35.5. The van der Waals surface area contributed by atoms with Gasteiger partial charge < -0.3 is 5.11 Å². The fraction of sp³-hybridized carbons (Fsp3) is 0.241. The van der Waals surface area contributed by atoms with E-state index in [0.29, 0.717) is 33.9 Å².